The molecule has 0 aliphatic carbocycles. The Morgan fingerprint density at radius 1 is 1.23 bits per heavy atom. The van der Waals surface area contributed by atoms with Gasteiger partial charge in [0, 0.05) is 11.1 Å². The lowest BCUT2D eigenvalue weighted by Crippen LogP contribution is -2.43. The maximum absolute atomic E-state index is 13.6. The number of hydrogen-bond donors (Lipinski definition) is 2. The number of amidine groups is 1. The van der Waals surface area contributed by atoms with Crippen LogP contribution < -0.4 is 10.1 Å². The number of amides is 1. The third-order valence-corrected chi connectivity index (χ3v) is 4.48. The molecule has 4 rings (SSSR count). The van der Waals surface area contributed by atoms with Crippen LogP contribution in [-0.4, -0.2) is 23.1 Å². The molecule has 0 saturated heterocycles. The summed E-state index contributed by atoms with van der Waals surface area (Å²) in [5.41, 5.74) is 2.76. The van der Waals surface area contributed by atoms with Crippen LogP contribution in [0.25, 0.3) is 6.08 Å². The highest BCUT2D eigenvalue weighted by molar-refractivity contribution is 6.16. The first-order chi connectivity index (χ1) is 12.4. The first kappa shape index (κ1) is 16.3. The maximum atomic E-state index is 13.6. The Morgan fingerprint density at radius 2 is 2.04 bits per heavy atom. The Hall–Kier alpha value is -3.15. The summed E-state index contributed by atoms with van der Waals surface area (Å²) >= 11 is 0. The van der Waals surface area contributed by atoms with Crippen LogP contribution in [0.2, 0.25) is 0 Å². The number of halogens is 1. The van der Waals surface area contributed by atoms with Crippen molar-refractivity contribution in [3.05, 3.63) is 64.5 Å². The summed E-state index contributed by atoms with van der Waals surface area (Å²) < 4.78 is 19.5. The molecule has 2 heterocycles. The lowest BCUT2D eigenvalue weighted by Gasteiger charge is -2.28. The predicted molar refractivity (Wildman–Crippen MR) is 95.7 cm³/mol. The number of rotatable bonds is 2. The molecule has 2 aromatic carbocycles. The molecule has 1 amide bonds. The Bertz CT molecular complexity index is 979. The first-order valence-electron chi connectivity index (χ1n) is 8.32. The summed E-state index contributed by atoms with van der Waals surface area (Å²) in [4.78, 5) is 16.9. The highest BCUT2D eigenvalue weighted by Crippen LogP contribution is 2.34. The summed E-state index contributed by atoms with van der Waals surface area (Å²) in [6.45, 7) is 4.20. The molecule has 132 valence electrons. The summed E-state index contributed by atoms with van der Waals surface area (Å²) in [6, 6.07) is 9.69. The van der Waals surface area contributed by atoms with Gasteiger partial charge < -0.3 is 15.2 Å². The molecule has 6 heteroatoms. The molecular weight excluding hydrogens is 335 g/mol. The van der Waals surface area contributed by atoms with Crippen LogP contribution in [0.4, 0.5) is 4.39 Å². The van der Waals surface area contributed by atoms with Crippen molar-refractivity contribution < 1.29 is 19.0 Å². The zero-order valence-electron chi connectivity index (χ0n) is 14.3. The van der Waals surface area contributed by atoms with Crippen molar-refractivity contribution in [2.75, 3.05) is 0 Å². The molecule has 0 radical (unpaired) electrons. The van der Waals surface area contributed by atoms with Crippen molar-refractivity contribution >= 4 is 17.8 Å². The predicted octanol–water partition coefficient (Wildman–Crippen LogP) is 3.33. The van der Waals surface area contributed by atoms with E-state index in [-0.39, 0.29) is 11.7 Å². The van der Waals surface area contributed by atoms with Gasteiger partial charge in [0.1, 0.15) is 11.6 Å². The largest absolute Gasteiger partial charge is 0.505 e. The van der Waals surface area contributed by atoms with Crippen molar-refractivity contribution in [2.45, 2.75) is 26.0 Å². The van der Waals surface area contributed by atoms with Crippen LogP contribution in [0.15, 0.2) is 47.0 Å². The van der Waals surface area contributed by atoms with Gasteiger partial charge in [-0.15, -0.1) is 0 Å². The molecule has 0 aromatic heterocycles. The van der Waals surface area contributed by atoms with E-state index in [1.165, 1.54) is 12.1 Å². The fraction of sp³-hybridized carbons (Fsp3) is 0.200. The molecule has 2 aliphatic heterocycles. The molecule has 0 spiro atoms. The van der Waals surface area contributed by atoms with Gasteiger partial charge in [0.2, 0.25) is 6.23 Å². The van der Waals surface area contributed by atoms with E-state index in [2.05, 4.69) is 24.2 Å². The van der Waals surface area contributed by atoms with Crippen LogP contribution >= 0.6 is 0 Å². The molecule has 26 heavy (non-hydrogen) atoms. The van der Waals surface area contributed by atoms with E-state index < -0.39 is 17.8 Å². The van der Waals surface area contributed by atoms with Gasteiger partial charge in [-0.1, -0.05) is 19.9 Å². The second kappa shape index (κ2) is 5.98. The summed E-state index contributed by atoms with van der Waals surface area (Å²) in [6.07, 6.45) is 0.996. The van der Waals surface area contributed by atoms with E-state index >= 15 is 0 Å². The number of aliphatic imine (C=N–C) groups is 1. The fourth-order valence-corrected chi connectivity index (χ4v) is 2.97. The molecule has 1 atom stereocenters. The van der Waals surface area contributed by atoms with E-state index in [4.69, 9.17) is 4.74 Å². The quantitative estimate of drug-likeness (QED) is 0.871. The molecule has 2 aliphatic rings. The van der Waals surface area contributed by atoms with E-state index in [9.17, 15) is 14.3 Å². The molecular formula is C20H17FN2O3. The van der Waals surface area contributed by atoms with E-state index in [0.717, 1.165) is 17.2 Å². The highest BCUT2D eigenvalue weighted by Gasteiger charge is 2.32. The van der Waals surface area contributed by atoms with Gasteiger partial charge >= 0.3 is 0 Å². The van der Waals surface area contributed by atoms with Crippen molar-refractivity contribution in [2.24, 2.45) is 4.99 Å². The smallest absolute Gasteiger partial charge is 0.258 e. The van der Waals surface area contributed by atoms with Crippen LogP contribution in [0.1, 0.15) is 36.5 Å². The number of carbonyl (C=O) groups excluding carboxylic acids is 1. The third-order valence-electron chi connectivity index (χ3n) is 4.48. The molecule has 2 aromatic rings. The Balaban J connectivity index is 1.72. The monoisotopic (exact) mass is 352 g/mol. The third kappa shape index (κ3) is 2.73. The van der Waals surface area contributed by atoms with Crippen molar-refractivity contribution in [1.82, 2.24) is 5.32 Å². The number of phenolic OH excluding ortho intramolecular Hbond substituents is 1. The van der Waals surface area contributed by atoms with Gasteiger partial charge in [-0.2, -0.15) is 0 Å². The molecule has 1 unspecified atom stereocenters. The summed E-state index contributed by atoms with van der Waals surface area (Å²) in [5, 5.41) is 12.0. The number of ether oxygens (including phenoxy) is 1. The lowest BCUT2D eigenvalue weighted by atomic mass is 9.97. The van der Waals surface area contributed by atoms with Crippen LogP contribution in [0, 0.1) is 5.82 Å². The van der Waals surface area contributed by atoms with Crippen molar-refractivity contribution in [1.29, 1.82) is 0 Å². The fourth-order valence-electron chi connectivity index (χ4n) is 2.97. The van der Waals surface area contributed by atoms with Gasteiger partial charge in [0.15, 0.2) is 11.6 Å². The van der Waals surface area contributed by atoms with Crippen LogP contribution in [0.5, 0.6) is 11.5 Å². The zero-order valence-corrected chi connectivity index (χ0v) is 14.3. The second-order valence-corrected chi connectivity index (χ2v) is 6.62. The lowest BCUT2D eigenvalue weighted by molar-refractivity contribution is -0.117. The standard InChI is InChI=1S/C20H17FN2O3/c1-10(2)11-4-6-17-13(7-11)8-14-19(25)22-18(23-20(14)26-17)12-3-5-16(24)15(21)9-12/h3-10,20,24H,1-2H3,(H,22,23,25). The van der Waals surface area contributed by atoms with E-state index in [1.54, 1.807) is 6.08 Å². The zero-order chi connectivity index (χ0) is 18.4. The van der Waals surface area contributed by atoms with Crippen molar-refractivity contribution in [3.8, 4) is 11.5 Å². The maximum Gasteiger partial charge on any atom is 0.258 e. The van der Waals surface area contributed by atoms with Crippen molar-refractivity contribution in [3.63, 3.8) is 0 Å². The Kier molecular flexibility index (Phi) is 3.76. The topological polar surface area (TPSA) is 70.9 Å². The minimum absolute atomic E-state index is 0.207. The SMILES string of the molecule is CC(C)c1ccc2c(c1)C=C1C(=O)NC(c3ccc(O)c(F)c3)=NC1O2. The summed E-state index contributed by atoms with van der Waals surface area (Å²) in [7, 11) is 0. The average molecular weight is 352 g/mol. The number of fused-ring (bicyclic) bond motifs is 2. The second-order valence-electron chi connectivity index (χ2n) is 6.62. The number of carbonyl (C=O) groups is 1. The molecule has 0 bridgehead atoms. The molecule has 0 fully saturated rings. The molecule has 2 N–H and O–H groups in total. The highest BCUT2D eigenvalue weighted by atomic mass is 19.1. The van der Waals surface area contributed by atoms with Gasteiger partial charge in [-0.25, -0.2) is 9.38 Å². The minimum atomic E-state index is -0.784. The van der Waals surface area contributed by atoms with E-state index in [0.29, 0.717) is 22.8 Å². The van der Waals surface area contributed by atoms with Gasteiger partial charge in [-0.05, 0) is 47.9 Å². The van der Waals surface area contributed by atoms with Crippen LogP contribution in [0.3, 0.4) is 0 Å². The minimum Gasteiger partial charge on any atom is -0.505 e. The molecule has 5 nitrogen and oxygen atoms in total. The average Bonchev–Trinajstić information content (AvgIpc) is 2.62. The normalized spacial score (nSPS) is 18.3. The first-order valence-corrected chi connectivity index (χ1v) is 8.32. The Labute approximate surface area is 149 Å². The number of phenols is 1. The number of nitrogens with one attached hydrogen (secondary N) is 1. The van der Waals surface area contributed by atoms with Gasteiger partial charge in [0.25, 0.3) is 5.91 Å². The van der Waals surface area contributed by atoms with Gasteiger partial charge in [-0.3, -0.25) is 4.79 Å². The van der Waals surface area contributed by atoms with Crippen LogP contribution in [-0.2, 0) is 4.79 Å². The van der Waals surface area contributed by atoms with E-state index in [1.807, 2.05) is 18.2 Å². The Morgan fingerprint density at radius 3 is 2.77 bits per heavy atom. The molecule has 0 saturated carbocycles. The number of hydrogen-bond acceptors (Lipinski definition) is 4. The number of aromatic hydroxyl groups is 1. The number of benzene rings is 2. The summed E-state index contributed by atoms with van der Waals surface area (Å²) in [5.74, 6) is -0.353. The van der Waals surface area contributed by atoms with Gasteiger partial charge in [0.05, 0.1) is 5.57 Å². The number of nitrogens with zero attached hydrogens (tertiary/aromatic N) is 1.